The maximum atomic E-state index is 12.5. The summed E-state index contributed by atoms with van der Waals surface area (Å²) in [7, 11) is 0. The second-order valence-corrected chi connectivity index (χ2v) is 8.91. The number of aromatic nitrogens is 3. The van der Waals surface area contributed by atoms with E-state index in [1.54, 1.807) is 4.80 Å². The van der Waals surface area contributed by atoms with E-state index in [0.717, 1.165) is 41.1 Å². The highest BCUT2D eigenvalue weighted by molar-refractivity contribution is 7.80. The van der Waals surface area contributed by atoms with Crippen LogP contribution in [-0.4, -0.2) is 44.0 Å². The van der Waals surface area contributed by atoms with Crippen LogP contribution in [-0.2, 0) is 0 Å². The van der Waals surface area contributed by atoms with Gasteiger partial charge in [-0.3, -0.25) is 20.2 Å². The minimum Gasteiger partial charge on any atom is -0.372 e. The van der Waals surface area contributed by atoms with E-state index in [1.807, 2.05) is 32.0 Å². The van der Waals surface area contributed by atoms with Crippen molar-refractivity contribution in [2.45, 2.75) is 27.7 Å². The van der Waals surface area contributed by atoms with Crippen molar-refractivity contribution in [1.82, 2.24) is 20.3 Å². The number of rotatable bonds is 7. The number of fused-ring (bicyclic) bond motifs is 1. The first-order chi connectivity index (χ1) is 17.7. The van der Waals surface area contributed by atoms with E-state index in [1.165, 1.54) is 24.3 Å². The summed E-state index contributed by atoms with van der Waals surface area (Å²) in [5.74, 6) is -0.547. The zero-order valence-corrected chi connectivity index (χ0v) is 21.8. The van der Waals surface area contributed by atoms with Crippen LogP contribution in [0.2, 0.25) is 0 Å². The number of hydrogen-bond acceptors (Lipinski definition) is 7. The number of carbonyl (C=O) groups is 1. The molecule has 10 nitrogen and oxygen atoms in total. The van der Waals surface area contributed by atoms with Crippen molar-refractivity contribution in [2.75, 3.05) is 23.3 Å². The number of nitrogens with one attached hydrogen (secondary N) is 2. The van der Waals surface area contributed by atoms with E-state index >= 15 is 0 Å². The molecule has 0 spiro atoms. The Kier molecular flexibility index (Phi) is 7.44. The zero-order chi connectivity index (χ0) is 26.7. The molecule has 0 unspecified atom stereocenters. The van der Waals surface area contributed by atoms with Crippen LogP contribution in [0, 0.1) is 24.0 Å². The first-order valence-corrected chi connectivity index (χ1v) is 12.2. The van der Waals surface area contributed by atoms with E-state index in [2.05, 4.69) is 51.7 Å². The van der Waals surface area contributed by atoms with Gasteiger partial charge in [-0.05, 0) is 87.4 Å². The number of anilines is 2. The molecule has 1 amide bonds. The maximum Gasteiger partial charge on any atom is 0.270 e. The maximum absolute atomic E-state index is 12.5. The van der Waals surface area contributed by atoms with Crippen LogP contribution in [0.4, 0.5) is 17.1 Å². The van der Waals surface area contributed by atoms with Crippen molar-refractivity contribution in [2.24, 2.45) is 0 Å². The Morgan fingerprint density at radius 2 is 1.73 bits per heavy atom. The quantitative estimate of drug-likeness (QED) is 0.202. The average molecular weight is 518 g/mol. The van der Waals surface area contributed by atoms with Crippen LogP contribution in [0.3, 0.4) is 0 Å². The number of hydrogen-bond donors (Lipinski definition) is 2. The number of nitrogens with zero attached hydrogens (tertiary/aromatic N) is 5. The summed E-state index contributed by atoms with van der Waals surface area (Å²) < 4.78 is 0. The lowest BCUT2D eigenvalue weighted by Gasteiger charge is -2.22. The topological polar surface area (TPSA) is 118 Å². The lowest BCUT2D eigenvalue weighted by molar-refractivity contribution is -0.384. The molecule has 1 heterocycles. The molecule has 0 aliphatic rings. The van der Waals surface area contributed by atoms with Gasteiger partial charge in [0.25, 0.3) is 11.6 Å². The van der Waals surface area contributed by atoms with Crippen molar-refractivity contribution < 1.29 is 9.72 Å². The minimum absolute atomic E-state index is 0.0641. The third-order valence-electron chi connectivity index (χ3n) is 6.05. The molecule has 0 saturated carbocycles. The number of thiocarbonyl (C=S) groups is 1. The summed E-state index contributed by atoms with van der Waals surface area (Å²) in [4.78, 5) is 26.9. The number of amides is 1. The first-order valence-electron chi connectivity index (χ1n) is 11.8. The molecule has 4 rings (SSSR count). The van der Waals surface area contributed by atoms with Crippen LogP contribution < -0.4 is 15.5 Å². The molecule has 11 heteroatoms. The van der Waals surface area contributed by atoms with Crippen LogP contribution >= 0.6 is 12.2 Å². The third-order valence-corrected chi connectivity index (χ3v) is 6.25. The predicted molar refractivity (Wildman–Crippen MR) is 149 cm³/mol. The van der Waals surface area contributed by atoms with Gasteiger partial charge in [0.2, 0.25) is 0 Å². The molecule has 190 valence electrons. The second kappa shape index (κ2) is 10.7. The second-order valence-electron chi connectivity index (χ2n) is 8.50. The Bertz CT molecular complexity index is 1510. The van der Waals surface area contributed by atoms with Crippen LogP contribution in [0.25, 0.3) is 16.7 Å². The standard InChI is InChI=1S/C26H27N7O3S/c1-5-31(6-2)19-10-11-24(17(4)12-19)32-29-22-13-16(3)21(15-23(22)30-32)27-26(37)28-25(34)18-8-7-9-20(14-18)33(35)36/h7-15H,5-6H2,1-4H3,(H2,27,28,34,37). The highest BCUT2D eigenvalue weighted by atomic mass is 32.1. The molecule has 37 heavy (non-hydrogen) atoms. The fourth-order valence-electron chi connectivity index (χ4n) is 4.05. The van der Waals surface area contributed by atoms with Crippen LogP contribution in [0.15, 0.2) is 54.6 Å². The molecule has 0 radical (unpaired) electrons. The lowest BCUT2D eigenvalue weighted by atomic mass is 10.1. The van der Waals surface area contributed by atoms with Gasteiger partial charge in [-0.15, -0.1) is 10.2 Å². The molecule has 0 saturated heterocycles. The number of nitro benzene ring substituents is 1. The van der Waals surface area contributed by atoms with Gasteiger partial charge in [0.1, 0.15) is 11.0 Å². The molecule has 4 aromatic rings. The van der Waals surface area contributed by atoms with E-state index in [4.69, 9.17) is 12.2 Å². The highest BCUT2D eigenvalue weighted by Crippen LogP contribution is 2.25. The lowest BCUT2D eigenvalue weighted by Crippen LogP contribution is -2.34. The predicted octanol–water partition coefficient (Wildman–Crippen LogP) is 4.92. The van der Waals surface area contributed by atoms with Crippen molar-refractivity contribution in [3.05, 3.63) is 81.4 Å². The smallest absolute Gasteiger partial charge is 0.270 e. The monoisotopic (exact) mass is 517 g/mol. The van der Waals surface area contributed by atoms with Gasteiger partial charge in [0, 0.05) is 42.2 Å². The zero-order valence-electron chi connectivity index (χ0n) is 21.0. The van der Waals surface area contributed by atoms with E-state index < -0.39 is 10.8 Å². The normalized spacial score (nSPS) is 10.8. The molecule has 0 aliphatic carbocycles. The van der Waals surface area contributed by atoms with Gasteiger partial charge < -0.3 is 10.2 Å². The van der Waals surface area contributed by atoms with Gasteiger partial charge in [0.05, 0.1) is 10.6 Å². The fraction of sp³-hybridized carbons (Fsp3) is 0.231. The Labute approximate surface area is 219 Å². The average Bonchev–Trinajstić information content (AvgIpc) is 3.27. The fourth-order valence-corrected chi connectivity index (χ4v) is 4.25. The molecule has 0 atom stereocenters. The van der Waals surface area contributed by atoms with Gasteiger partial charge in [-0.1, -0.05) is 6.07 Å². The summed E-state index contributed by atoms with van der Waals surface area (Å²) in [6.45, 7) is 10.1. The SMILES string of the molecule is CCN(CC)c1ccc(-n2nc3cc(C)c(NC(=S)NC(=O)c4cccc([N+](=O)[O-])c4)cc3n2)c(C)c1. The Hall–Kier alpha value is -4.38. The number of carbonyl (C=O) groups excluding carboxylic acids is 1. The van der Waals surface area contributed by atoms with Crippen molar-refractivity contribution in [3.8, 4) is 5.69 Å². The Balaban J connectivity index is 1.53. The van der Waals surface area contributed by atoms with E-state index in [-0.39, 0.29) is 16.4 Å². The van der Waals surface area contributed by atoms with Gasteiger partial charge >= 0.3 is 0 Å². The summed E-state index contributed by atoms with van der Waals surface area (Å²) in [5, 5.41) is 25.9. The number of benzene rings is 3. The Morgan fingerprint density at radius 3 is 2.38 bits per heavy atom. The van der Waals surface area contributed by atoms with Crippen molar-refractivity contribution >= 4 is 51.3 Å². The molecule has 0 aliphatic heterocycles. The van der Waals surface area contributed by atoms with Gasteiger partial charge in [0.15, 0.2) is 5.11 Å². The minimum atomic E-state index is -0.556. The van der Waals surface area contributed by atoms with E-state index in [0.29, 0.717) is 11.2 Å². The highest BCUT2D eigenvalue weighted by Gasteiger charge is 2.15. The molecular formula is C26H27N7O3S. The molecule has 0 fully saturated rings. The largest absolute Gasteiger partial charge is 0.372 e. The summed E-state index contributed by atoms with van der Waals surface area (Å²) in [6.07, 6.45) is 0. The Morgan fingerprint density at radius 1 is 1.03 bits per heavy atom. The van der Waals surface area contributed by atoms with Gasteiger partial charge in [-0.2, -0.15) is 4.80 Å². The number of aryl methyl sites for hydroxylation is 2. The summed E-state index contributed by atoms with van der Waals surface area (Å²) in [5.41, 5.74) is 5.98. The molecule has 3 aromatic carbocycles. The summed E-state index contributed by atoms with van der Waals surface area (Å²) >= 11 is 5.31. The molecule has 1 aromatic heterocycles. The van der Waals surface area contributed by atoms with Crippen molar-refractivity contribution in [1.29, 1.82) is 0 Å². The molecule has 2 N–H and O–H groups in total. The van der Waals surface area contributed by atoms with Crippen LogP contribution in [0.5, 0.6) is 0 Å². The van der Waals surface area contributed by atoms with Crippen molar-refractivity contribution in [3.63, 3.8) is 0 Å². The number of non-ortho nitro benzene ring substituents is 1. The molecule has 0 bridgehead atoms. The summed E-state index contributed by atoms with van der Waals surface area (Å²) in [6, 6.07) is 15.4. The van der Waals surface area contributed by atoms with E-state index in [9.17, 15) is 14.9 Å². The molecular weight excluding hydrogens is 490 g/mol. The van der Waals surface area contributed by atoms with Gasteiger partial charge in [-0.25, -0.2) is 0 Å². The number of nitro groups is 1. The third kappa shape index (κ3) is 5.56. The first kappa shape index (κ1) is 25.7. The van der Waals surface area contributed by atoms with Crippen LogP contribution in [0.1, 0.15) is 35.3 Å².